The number of nitrogens with one attached hydrogen (secondary N) is 1. The average Bonchev–Trinajstić information content (AvgIpc) is 2.21. The number of hydrazone groups is 1. The van der Waals surface area contributed by atoms with Crippen LogP contribution in [0.4, 0.5) is 5.69 Å². The Morgan fingerprint density at radius 1 is 1.43 bits per heavy atom. The number of anilines is 1. The lowest BCUT2D eigenvalue weighted by Crippen LogP contribution is -2.02. The highest BCUT2D eigenvalue weighted by Gasteiger charge is 1.92. The molecule has 0 saturated heterocycles. The predicted octanol–water partition coefficient (Wildman–Crippen LogP) is 2.55. The van der Waals surface area contributed by atoms with Crippen molar-refractivity contribution in [3.63, 3.8) is 0 Å². The smallest absolute Gasteiger partial charge is 0.190 e. The first-order valence-corrected chi connectivity index (χ1v) is 4.77. The van der Waals surface area contributed by atoms with E-state index in [0.717, 1.165) is 11.9 Å². The number of carbonyl (C=O) groups is 1. The largest absolute Gasteiger partial charge is 0.292 e. The molecule has 0 aromatic heterocycles. The van der Waals surface area contributed by atoms with E-state index in [2.05, 4.69) is 10.5 Å². The third-order valence-electron chi connectivity index (χ3n) is 1.38. The van der Waals surface area contributed by atoms with Gasteiger partial charge in [-0.15, -0.1) is 11.6 Å². The van der Waals surface area contributed by atoms with Gasteiger partial charge in [0.1, 0.15) is 0 Å². The lowest BCUT2D eigenvalue weighted by atomic mass is 10.3. The zero-order valence-corrected chi connectivity index (χ0v) is 8.72. The third kappa shape index (κ3) is 3.77. The minimum Gasteiger partial charge on any atom is -0.292 e. The summed E-state index contributed by atoms with van der Waals surface area (Å²) in [7, 11) is 0. The molecule has 3 nitrogen and oxygen atoms in total. The second-order valence-corrected chi connectivity index (χ2v) is 3.18. The Labute approximate surface area is 91.7 Å². The molecule has 0 saturated carbocycles. The van der Waals surface area contributed by atoms with E-state index in [1.165, 1.54) is 0 Å². The maximum atomic E-state index is 10.7. The molecule has 1 aromatic carbocycles. The highest BCUT2D eigenvalue weighted by Crippen LogP contribution is 2.12. The molecule has 14 heavy (non-hydrogen) atoms. The van der Waals surface area contributed by atoms with Crippen molar-refractivity contribution in [2.24, 2.45) is 5.10 Å². The summed E-state index contributed by atoms with van der Waals surface area (Å²) in [6.45, 7) is 0. The van der Waals surface area contributed by atoms with E-state index < -0.39 is 0 Å². The summed E-state index contributed by atoms with van der Waals surface area (Å²) in [5.41, 5.74) is 3.43. The molecular weight excluding hydrogens is 223 g/mol. The number of rotatable bonds is 4. The highest BCUT2D eigenvalue weighted by atomic mass is 35.5. The van der Waals surface area contributed by atoms with E-state index in [-0.39, 0.29) is 11.7 Å². The van der Waals surface area contributed by atoms with E-state index in [0.29, 0.717) is 5.02 Å². The highest BCUT2D eigenvalue weighted by molar-refractivity contribution is 6.41. The van der Waals surface area contributed by atoms with Gasteiger partial charge in [0.25, 0.3) is 0 Å². The quantitative estimate of drug-likeness (QED) is 0.491. The molecule has 0 radical (unpaired) electrons. The fraction of sp³-hybridized carbons (Fsp3) is 0.111. The first-order chi connectivity index (χ1) is 6.72. The number of Topliss-reactive ketones (excluding diaryl/α,β-unsaturated/α-hetero) is 1. The molecule has 74 valence electrons. The third-order valence-corrected chi connectivity index (χ3v) is 1.89. The van der Waals surface area contributed by atoms with Gasteiger partial charge in [-0.05, 0) is 24.3 Å². The SMILES string of the molecule is O=C(/C=N/Nc1ccc(Cl)cc1)CCl. The van der Waals surface area contributed by atoms with Crippen molar-refractivity contribution in [1.29, 1.82) is 0 Å². The van der Waals surface area contributed by atoms with E-state index in [1.807, 2.05) is 0 Å². The Morgan fingerprint density at radius 2 is 2.07 bits per heavy atom. The zero-order valence-electron chi connectivity index (χ0n) is 7.21. The maximum absolute atomic E-state index is 10.7. The van der Waals surface area contributed by atoms with Gasteiger partial charge in [-0.3, -0.25) is 10.2 Å². The van der Waals surface area contributed by atoms with Crippen molar-refractivity contribution >= 4 is 40.9 Å². The van der Waals surface area contributed by atoms with Crippen molar-refractivity contribution in [1.82, 2.24) is 0 Å². The van der Waals surface area contributed by atoms with Crippen molar-refractivity contribution in [3.05, 3.63) is 29.3 Å². The van der Waals surface area contributed by atoms with Crippen molar-refractivity contribution < 1.29 is 4.79 Å². The van der Waals surface area contributed by atoms with Gasteiger partial charge in [0, 0.05) is 5.02 Å². The van der Waals surface area contributed by atoms with Crippen LogP contribution < -0.4 is 5.43 Å². The number of hydrogen-bond acceptors (Lipinski definition) is 3. The fourth-order valence-electron chi connectivity index (χ4n) is 0.738. The minimum absolute atomic E-state index is 0.0637. The summed E-state index contributed by atoms with van der Waals surface area (Å²) in [6, 6.07) is 6.96. The summed E-state index contributed by atoms with van der Waals surface area (Å²) in [6.07, 6.45) is 1.14. The van der Waals surface area contributed by atoms with Crippen LogP contribution >= 0.6 is 23.2 Å². The molecule has 0 spiro atoms. The van der Waals surface area contributed by atoms with Crippen LogP contribution in [0.15, 0.2) is 29.4 Å². The topological polar surface area (TPSA) is 41.5 Å². The molecule has 1 N–H and O–H groups in total. The van der Waals surface area contributed by atoms with Crippen molar-refractivity contribution in [2.45, 2.75) is 0 Å². The number of ketones is 1. The van der Waals surface area contributed by atoms with E-state index in [4.69, 9.17) is 23.2 Å². The lowest BCUT2D eigenvalue weighted by molar-refractivity contribution is -0.110. The van der Waals surface area contributed by atoms with Crippen LogP contribution in [0.1, 0.15) is 0 Å². The van der Waals surface area contributed by atoms with Crippen LogP contribution in [-0.2, 0) is 4.79 Å². The maximum Gasteiger partial charge on any atom is 0.190 e. The molecule has 0 atom stereocenters. The summed E-state index contributed by atoms with van der Waals surface area (Å²) >= 11 is 10.9. The minimum atomic E-state index is -0.242. The Bertz CT molecular complexity index is 335. The number of benzene rings is 1. The summed E-state index contributed by atoms with van der Waals surface area (Å²) < 4.78 is 0. The van der Waals surface area contributed by atoms with Crippen LogP contribution in [0, 0.1) is 0 Å². The predicted molar refractivity (Wildman–Crippen MR) is 59.3 cm³/mol. The number of nitrogens with zero attached hydrogens (tertiary/aromatic N) is 1. The monoisotopic (exact) mass is 230 g/mol. The average molecular weight is 231 g/mol. The molecule has 0 aliphatic rings. The second kappa shape index (κ2) is 5.62. The number of alkyl halides is 1. The number of hydrogen-bond donors (Lipinski definition) is 1. The van der Waals surface area contributed by atoms with Gasteiger partial charge in [0.05, 0.1) is 17.8 Å². The molecule has 1 aromatic rings. The molecule has 0 heterocycles. The van der Waals surface area contributed by atoms with E-state index in [9.17, 15) is 4.79 Å². The molecular formula is C9H8Cl2N2O. The summed E-state index contributed by atoms with van der Waals surface area (Å²) in [4.78, 5) is 10.7. The first kappa shape index (κ1) is 11.0. The van der Waals surface area contributed by atoms with Gasteiger partial charge >= 0.3 is 0 Å². The fourth-order valence-corrected chi connectivity index (χ4v) is 0.933. The first-order valence-electron chi connectivity index (χ1n) is 3.86. The molecule has 5 heteroatoms. The Balaban J connectivity index is 2.49. The lowest BCUT2D eigenvalue weighted by Gasteiger charge is -1.98. The van der Waals surface area contributed by atoms with Gasteiger partial charge in [-0.2, -0.15) is 5.10 Å². The molecule has 0 unspecified atom stereocenters. The molecule has 0 bridgehead atoms. The molecule has 1 rings (SSSR count). The summed E-state index contributed by atoms with van der Waals surface area (Å²) in [5, 5.41) is 4.34. The second-order valence-electron chi connectivity index (χ2n) is 2.48. The standard InChI is InChI=1S/C9H8Cl2N2O/c10-5-9(14)6-12-13-8-3-1-7(11)2-4-8/h1-4,6,13H,5H2/b12-6+. The Hall–Kier alpha value is -1.06. The van der Waals surface area contributed by atoms with Crippen LogP contribution in [0.25, 0.3) is 0 Å². The Kier molecular flexibility index (Phi) is 4.43. The van der Waals surface area contributed by atoms with E-state index >= 15 is 0 Å². The Morgan fingerprint density at radius 3 is 2.64 bits per heavy atom. The van der Waals surface area contributed by atoms with Crippen LogP contribution in [0.2, 0.25) is 5.02 Å². The molecule has 0 aliphatic heterocycles. The van der Waals surface area contributed by atoms with Crippen molar-refractivity contribution in [3.8, 4) is 0 Å². The molecule has 0 amide bonds. The van der Waals surface area contributed by atoms with Gasteiger partial charge in [0.15, 0.2) is 5.78 Å². The normalized spacial score (nSPS) is 10.4. The zero-order chi connectivity index (χ0) is 10.4. The molecule has 0 aliphatic carbocycles. The van der Waals surface area contributed by atoms with Gasteiger partial charge in [-0.25, -0.2) is 0 Å². The number of carbonyl (C=O) groups excluding carboxylic acids is 1. The van der Waals surface area contributed by atoms with Crippen molar-refractivity contribution in [2.75, 3.05) is 11.3 Å². The molecule has 0 fully saturated rings. The number of halogens is 2. The van der Waals surface area contributed by atoms with Crippen LogP contribution in [0.3, 0.4) is 0 Å². The van der Waals surface area contributed by atoms with Crippen LogP contribution in [0.5, 0.6) is 0 Å². The van der Waals surface area contributed by atoms with Gasteiger partial charge in [0.2, 0.25) is 0 Å². The summed E-state index contributed by atoms with van der Waals surface area (Å²) in [5.74, 6) is -0.306. The van der Waals surface area contributed by atoms with E-state index in [1.54, 1.807) is 24.3 Å². The van der Waals surface area contributed by atoms with Gasteiger partial charge < -0.3 is 0 Å². The van der Waals surface area contributed by atoms with Gasteiger partial charge in [-0.1, -0.05) is 11.6 Å². The van der Waals surface area contributed by atoms with Crippen LogP contribution in [-0.4, -0.2) is 17.9 Å².